The van der Waals surface area contributed by atoms with Gasteiger partial charge in [0.1, 0.15) is 0 Å². The van der Waals surface area contributed by atoms with Gasteiger partial charge in [0, 0.05) is 16.8 Å². The maximum absolute atomic E-state index is 12.3. The van der Waals surface area contributed by atoms with Crippen molar-refractivity contribution in [3.63, 3.8) is 0 Å². The highest BCUT2D eigenvalue weighted by Gasteiger charge is 2.10. The van der Waals surface area contributed by atoms with Crippen LogP contribution in [0.1, 0.15) is 28.4 Å². The molecule has 0 aliphatic heterocycles. The van der Waals surface area contributed by atoms with Gasteiger partial charge in [-0.3, -0.25) is 4.79 Å². The van der Waals surface area contributed by atoms with Gasteiger partial charge in [-0.25, -0.2) is 0 Å². The molecule has 2 aromatic rings. The van der Waals surface area contributed by atoms with Crippen LogP contribution in [0.3, 0.4) is 0 Å². The second-order valence-electron chi connectivity index (χ2n) is 4.59. The second-order valence-corrected chi connectivity index (χ2v) is 4.59. The summed E-state index contributed by atoms with van der Waals surface area (Å²) in [5, 5.41) is 2.95. The molecular weight excluding hydrogens is 234 g/mol. The Morgan fingerprint density at radius 2 is 1.58 bits per heavy atom. The van der Waals surface area contributed by atoms with E-state index in [-0.39, 0.29) is 5.91 Å². The van der Waals surface area contributed by atoms with Crippen molar-refractivity contribution in [1.29, 1.82) is 0 Å². The first kappa shape index (κ1) is 13.1. The van der Waals surface area contributed by atoms with E-state index in [1.54, 1.807) is 0 Å². The third-order valence-electron chi connectivity index (χ3n) is 3.02. The fourth-order valence-corrected chi connectivity index (χ4v) is 1.98. The fourth-order valence-electron chi connectivity index (χ4n) is 1.98. The summed E-state index contributed by atoms with van der Waals surface area (Å²) in [4.78, 5) is 12.3. The van der Waals surface area contributed by atoms with E-state index in [2.05, 4.69) is 11.9 Å². The molecule has 0 saturated heterocycles. The average Bonchev–Trinajstić information content (AvgIpc) is 2.39. The molecule has 2 aromatic carbocycles. The molecule has 0 bridgehead atoms. The maximum atomic E-state index is 12.3. The van der Waals surface area contributed by atoms with E-state index in [0.29, 0.717) is 5.56 Å². The molecule has 2 rings (SSSR count). The number of amides is 1. The van der Waals surface area contributed by atoms with Gasteiger partial charge in [-0.2, -0.15) is 0 Å². The van der Waals surface area contributed by atoms with Crippen LogP contribution < -0.4 is 5.32 Å². The maximum Gasteiger partial charge on any atom is 0.255 e. The van der Waals surface area contributed by atoms with Crippen LogP contribution in [0.2, 0.25) is 0 Å². The molecule has 0 radical (unpaired) electrons. The van der Waals surface area contributed by atoms with Crippen molar-refractivity contribution in [2.75, 3.05) is 5.32 Å². The van der Waals surface area contributed by atoms with Crippen LogP contribution in [-0.2, 0) is 0 Å². The summed E-state index contributed by atoms with van der Waals surface area (Å²) in [5.41, 5.74) is 4.35. The zero-order chi connectivity index (χ0) is 13.8. The highest BCUT2D eigenvalue weighted by Crippen LogP contribution is 2.22. The normalized spacial score (nSPS) is 10.0. The lowest BCUT2D eigenvalue weighted by Crippen LogP contribution is -2.14. The highest BCUT2D eigenvalue weighted by molar-refractivity contribution is 6.06. The van der Waals surface area contributed by atoms with Crippen LogP contribution in [-0.4, -0.2) is 5.91 Å². The van der Waals surface area contributed by atoms with Gasteiger partial charge < -0.3 is 5.32 Å². The monoisotopic (exact) mass is 251 g/mol. The molecule has 2 nitrogen and oxygen atoms in total. The zero-order valence-corrected chi connectivity index (χ0v) is 11.2. The topological polar surface area (TPSA) is 29.1 Å². The molecule has 1 amide bonds. The van der Waals surface area contributed by atoms with Gasteiger partial charge in [0.15, 0.2) is 0 Å². The summed E-state index contributed by atoms with van der Waals surface area (Å²) in [6, 6.07) is 15.2. The molecule has 0 atom stereocenters. The predicted molar refractivity (Wildman–Crippen MR) is 80.3 cm³/mol. The first-order valence-corrected chi connectivity index (χ1v) is 6.21. The number of hydrogen-bond acceptors (Lipinski definition) is 1. The van der Waals surface area contributed by atoms with Crippen LogP contribution in [0.15, 0.2) is 55.1 Å². The van der Waals surface area contributed by atoms with Crippen molar-refractivity contribution in [3.8, 4) is 0 Å². The summed E-state index contributed by atoms with van der Waals surface area (Å²) < 4.78 is 0. The smallest absolute Gasteiger partial charge is 0.255 e. The number of aryl methyl sites for hydroxylation is 1. The summed E-state index contributed by atoms with van der Waals surface area (Å²) >= 11 is 0. The Kier molecular flexibility index (Phi) is 3.81. The highest BCUT2D eigenvalue weighted by atomic mass is 16.1. The number of anilines is 1. The van der Waals surface area contributed by atoms with Gasteiger partial charge in [-0.1, -0.05) is 43.0 Å². The molecule has 0 saturated carbocycles. The molecule has 0 unspecified atom stereocenters. The van der Waals surface area contributed by atoms with Gasteiger partial charge in [-0.15, -0.1) is 0 Å². The lowest BCUT2D eigenvalue weighted by atomic mass is 10.1. The van der Waals surface area contributed by atoms with Crippen LogP contribution in [0.25, 0.3) is 5.57 Å². The average molecular weight is 251 g/mol. The predicted octanol–water partition coefficient (Wildman–Crippen LogP) is 4.28. The summed E-state index contributed by atoms with van der Waals surface area (Å²) in [6.07, 6.45) is 0. The van der Waals surface area contributed by atoms with Crippen LogP contribution in [0, 0.1) is 6.92 Å². The van der Waals surface area contributed by atoms with Gasteiger partial charge in [-0.05, 0) is 37.1 Å². The minimum atomic E-state index is -0.0909. The summed E-state index contributed by atoms with van der Waals surface area (Å²) in [7, 11) is 0. The van der Waals surface area contributed by atoms with Crippen molar-refractivity contribution in [3.05, 3.63) is 71.8 Å². The van der Waals surface area contributed by atoms with Crippen molar-refractivity contribution < 1.29 is 4.79 Å². The number of nitrogens with one attached hydrogen (secondary N) is 1. The summed E-state index contributed by atoms with van der Waals surface area (Å²) in [5.74, 6) is -0.0909. The molecule has 0 aromatic heterocycles. The Bertz CT molecular complexity index is 629. The van der Waals surface area contributed by atoms with E-state index in [1.807, 2.05) is 62.4 Å². The van der Waals surface area contributed by atoms with Crippen molar-refractivity contribution >= 4 is 17.2 Å². The Hall–Kier alpha value is -2.35. The minimum Gasteiger partial charge on any atom is -0.321 e. The Labute approximate surface area is 113 Å². The Morgan fingerprint density at radius 3 is 2.21 bits per heavy atom. The number of allylic oxidation sites excluding steroid dienone is 1. The molecule has 19 heavy (non-hydrogen) atoms. The minimum absolute atomic E-state index is 0.0909. The Balaban J connectivity index is 2.30. The lowest BCUT2D eigenvalue weighted by Gasteiger charge is -2.11. The number of benzene rings is 2. The van der Waals surface area contributed by atoms with Crippen molar-refractivity contribution in [2.45, 2.75) is 13.8 Å². The number of rotatable bonds is 3. The quantitative estimate of drug-likeness (QED) is 0.866. The number of carbonyl (C=O) groups is 1. The molecule has 0 heterocycles. The molecule has 0 spiro atoms. The Morgan fingerprint density at radius 1 is 1.00 bits per heavy atom. The van der Waals surface area contributed by atoms with Crippen LogP contribution >= 0.6 is 0 Å². The van der Waals surface area contributed by atoms with Gasteiger partial charge in [0.25, 0.3) is 5.91 Å². The van der Waals surface area contributed by atoms with Crippen molar-refractivity contribution in [2.24, 2.45) is 0 Å². The molecule has 2 heteroatoms. The number of para-hydroxylation sites is 1. The largest absolute Gasteiger partial charge is 0.321 e. The van der Waals surface area contributed by atoms with E-state index < -0.39 is 0 Å². The standard InChI is InChI=1S/C17H17NO/c1-12(2)14-9-6-7-11-16(14)18-17(19)15-10-5-4-8-13(15)3/h4-11H,1H2,2-3H3,(H,18,19). The zero-order valence-electron chi connectivity index (χ0n) is 11.2. The van der Waals surface area contributed by atoms with E-state index in [9.17, 15) is 4.79 Å². The molecule has 0 aliphatic carbocycles. The van der Waals surface area contributed by atoms with Gasteiger partial charge in [0.05, 0.1) is 0 Å². The van der Waals surface area contributed by atoms with Gasteiger partial charge in [0.2, 0.25) is 0 Å². The molecular formula is C17H17NO. The van der Waals surface area contributed by atoms with E-state index in [4.69, 9.17) is 0 Å². The molecule has 0 aliphatic rings. The molecule has 1 N–H and O–H groups in total. The van der Waals surface area contributed by atoms with Crippen LogP contribution in [0.4, 0.5) is 5.69 Å². The first-order chi connectivity index (χ1) is 9.09. The van der Waals surface area contributed by atoms with E-state index in [0.717, 1.165) is 22.4 Å². The van der Waals surface area contributed by atoms with Crippen molar-refractivity contribution in [1.82, 2.24) is 0 Å². The van der Waals surface area contributed by atoms with Crippen LogP contribution in [0.5, 0.6) is 0 Å². The number of carbonyl (C=O) groups excluding carboxylic acids is 1. The second kappa shape index (κ2) is 5.53. The molecule has 96 valence electrons. The molecule has 0 fully saturated rings. The SMILES string of the molecule is C=C(C)c1ccccc1NC(=O)c1ccccc1C. The summed E-state index contributed by atoms with van der Waals surface area (Å²) in [6.45, 7) is 7.79. The van der Waals surface area contributed by atoms with E-state index >= 15 is 0 Å². The third-order valence-corrected chi connectivity index (χ3v) is 3.02. The van der Waals surface area contributed by atoms with E-state index in [1.165, 1.54) is 0 Å². The fraction of sp³-hybridized carbons (Fsp3) is 0.118. The lowest BCUT2D eigenvalue weighted by molar-refractivity contribution is 0.102. The van der Waals surface area contributed by atoms with Gasteiger partial charge >= 0.3 is 0 Å². The number of hydrogen-bond donors (Lipinski definition) is 1. The third kappa shape index (κ3) is 2.91. The first-order valence-electron chi connectivity index (χ1n) is 6.21.